The van der Waals surface area contributed by atoms with Gasteiger partial charge in [-0.2, -0.15) is 0 Å². The van der Waals surface area contributed by atoms with Gasteiger partial charge in [-0.1, -0.05) is 245 Å². The molecule has 1 heteroatoms. The summed E-state index contributed by atoms with van der Waals surface area (Å²) in [4.78, 5) is 2.49. The lowest BCUT2D eigenvalue weighted by Crippen LogP contribution is -2.17. The van der Waals surface area contributed by atoms with Crippen molar-refractivity contribution in [2.45, 2.75) is 150 Å². The van der Waals surface area contributed by atoms with Crippen molar-refractivity contribution in [2.75, 3.05) is 4.90 Å². The minimum Gasteiger partial charge on any atom is -0.310 e. The molecular formula is C71H79N. The summed E-state index contributed by atoms with van der Waals surface area (Å²) in [6.07, 6.45) is 0. The van der Waals surface area contributed by atoms with Gasteiger partial charge in [0, 0.05) is 22.5 Å². The van der Waals surface area contributed by atoms with E-state index in [2.05, 4.69) is 292 Å². The topological polar surface area (TPSA) is 3.24 Å². The molecule has 0 N–H and O–H groups in total. The Bertz CT molecular complexity index is 3270. The Labute approximate surface area is 434 Å². The highest BCUT2D eigenvalue weighted by Crippen LogP contribution is 2.51. The van der Waals surface area contributed by atoms with Crippen LogP contribution in [0.2, 0.25) is 0 Å². The molecule has 1 nitrogen and oxygen atoms in total. The lowest BCUT2D eigenvalue weighted by atomic mass is 9.78. The van der Waals surface area contributed by atoms with Crippen LogP contribution in [-0.4, -0.2) is 0 Å². The summed E-state index contributed by atoms with van der Waals surface area (Å²) >= 11 is 0. The number of hydrogen-bond acceptors (Lipinski definition) is 1. The van der Waals surface area contributed by atoms with Crippen molar-refractivity contribution < 1.29 is 0 Å². The van der Waals surface area contributed by atoms with Gasteiger partial charge in [0.2, 0.25) is 0 Å². The van der Waals surface area contributed by atoms with Crippen LogP contribution in [0.1, 0.15) is 157 Å². The largest absolute Gasteiger partial charge is 0.310 e. The highest BCUT2D eigenvalue weighted by atomic mass is 15.1. The van der Waals surface area contributed by atoms with E-state index in [-0.39, 0.29) is 32.5 Å². The average molecular weight is 946 g/mol. The molecule has 0 spiro atoms. The highest BCUT2D eigenvalue weighted by Gasteiger charge is 2.36. The van der Waals surface area contributed by atoms with E-state index in [4.69, 9.17) is 0 Å². The third kappa shape index (κ3) is 10.0. The van der Waals surface area contributed by atoms with Crippen LogP contribution in [0.5, 0.6) is 0 Å². The van der Waals surface area contributed by atoms with Crippen molar-refractivity contribution in [3.8, 4) is 55.6 Å². The molecule has 8 aromatic carbocycles. The zero-order valence-electron chi connectivity index (χ0n) is 46.6. The number of hydrogen-bond donors (Lipinski definition) is 0. The average Bonchev–Trinajstić information content (AvgIpc) is 3.55. The van der Waals surface area contributed by atoms with E-state index in [0.29, 0.717) is 0 Å². The predicted molar refractivity (Wildman–Crippen MR) is 314 cm³/mol. The van der Waals surface area contributed by atoms with E-state index in [0.717, 1.165) is 17.1 Å². The molecule has 0 fully saturated rings. The van der Waals surface area contributed by atoms with Gasteiger partial charge in [-0.3, -0.25) is 0 Å². The van der Waals surface area contributed by atoms with Gasteiger partial charge in [-0.15, -0.1) is 0 Å². The van der Waals surface area contributed by atoms with E-state index in [1.807, 2.05) is 0 Å². The van der Waals surface area contributed by atoms with E-state index in [1.165, 1.54) is 94.6 Å². The maximum atomic E-state index is 2.49. The summed E-state index contributed by atoms with van der Waals surface area (Å²) in [6, 6.07) is 65.5. The Hall–Kier alpha value is -6.44. The Kier molecular flexibility index (Phi) is 12.6. The van der Waals surface area contributed by atoms with Gasteiger partial charge in [-0.05, 0) is 164 Å². The molecular weight excluding hydrogens is 867 g/mol. The molecule has 0 saturated carbocycles. The zero-order valence-corrected chi connectivity index (χ0v) is 46.6. The number of benzene rings is 8. The molecule has 0 heterocycles. The second-order valence-electron chi connectivity index (χ2n) is 26.6. The summed E-state index contributed by atoms with van der Waals surface area (Å²) in [6.45, 7) is 39.6. The molecule has 0 radical (unpaired) electrons. The zero-order chi connectivity index (χ0) is 51.9. The molecule has 1 aliphatic rings. The monoisotopic (exact) mass is 946 g/mol. The van der Waals surface area contributed by atoms with Crippen molar-refractivity contribution in [2.24, 2.45) is 0 Å². The fourth-order valence-corrected chi connectivity index (χ4v) is 10.5. The van der Waals surface area contributed by atoms with E-state index < -0.39 is 0 Å². The minimum absolute atomic E-state index is 0.0227. The van der Waals surface area contributed by atoms with Crippen LogP contribution in [0.25, 0.3) is 55.6 Å². The van der Waals surface area contributed by atoms with Crippen LogP contribution in [0.15, 0.2) is 170 Å². The van der Waals surface area contributed by atoms with Crippen molar-refractivity contribution in [3.05, 3.63) is 209 Å². The molecule has 8 aromatic rings. The molecule has 0 aliphatic heterocycles. The molecule has 9 rings (SSSR count). The van der Waals surface area contributed by atoms with Gasteiger partial charge < -0.3 is 4.90 Å². The standard InChI is InChI=1S/C71H79N/c1-66(2,3)54-22-20-21-49(36-54)46-29-31-59(32-30-46)72(60-33-34-63-62-23-18-19-24-64(62)71(16,17)65(63)45-60)61-42-53(41-58(44-61)70(13,14)15)48-27-25-47(26-28-48)50-35-51(38-55(37-50)67(4,5)6)52-39-56(68(7,8)9)43-57(40-52)69(10,11)12/h18-45H,1-17H3. The minimum atomic E-state index is -0.130. The van der Waals surface area contributed by atoms with E-state index >= 15 is 0 Å². The maximum absolute atomic E-state index is 2.49. The third-order valence-corrected chi connectivity index (χ3v) is 15.4. The molecule has 0 saturated heterocycles. The van der Waals surface area contributed by atoms with Crippen molar-refractivity contribution >= 4 is 17.1 Å². The van der Waals surface area contributed by atoms with Crippen LogP contribution in [0.3, 0.4) is 0 Å². The van der Waals surface area contributed by atoms with Gasteiger partial charge >= 0.3 is 0 Å². The first kappa shape index (κ1) is 50.5. The van der Waals surface area contributed by atoms with Crippen molar-refractivity contribution in [3.63, 3.8) is 0 Å². The lowest BCUT2D eigenvalue weighted by molar-refractivity contribution is 0.569. The van der Waals surface area contributed by atoms with Crippen molar-refractivity contribution in [1.29, 1.82) is 0 Å². The van der Waals surface area contributed by atoms with E-state index in [9.17, 15) is 0 Å². The summed E-state index contributed by atoms with van der Waals surface area (Å²) in [7, 11) is 0. The third-order valence-electron chi connectivity index (χ3n) is 15.4. The fraction of sp³-hybridized carbons (Fsp3) is 0.324. The van der Waals surface area contributed by atoms with Crippen LogP contribution < -0.4 is 4.90 Å². The second-order valence-corrected chi connectivity index (χ2v) is 26.6. The van der Waals surface area contributed by atoms with Gasteiger partial charge in [0.15, 0.2) is 0 Å². The predicted octanol–water partition coefficient (Wildman–Crippen LogP) is 20.6. The molecule has 0 amide bonds. The first-order chi connectivity index (χ1) is 33.6. The number of nitrogens with zero attached hydrogens (tertiary/aromatic N) is 1. The summed E-state index contributed by atoms with van der Waals surface area (Å²) < 4.78 is 0. The molecule has 368 valence electrons. The first-order valence-electron chi connectivity index (χ1n) is 26.4. The Balaban J connectivity index is 1.17. The second kappa shape index (κ2) is 17.9. The molecule has 0 aromatic heterocycles. The van der Waals surface area contributed by atoms with Crippen LogP contribution >= 0.6 is 0 Å². The quantitative estimate of drug-likeness (QED) is 0.154. The smallest absolute Gasteiger partial charge is 0.0470 e. The number of fused-ring (bicyclic) bond motifs is 3. The first-order valence-corrected chi connectivity index (χ1v) is 26.4. The highest BCUT2D eigenvalue weighted by molar-refractivity contribution is 5.87. The molecule has 0 bridgehead atoms. The molecule has 1 aliphatic carbocycles. The Morgan fingerprint density at radius 3 is 1.21 bits per heavy atom. The van der Waals surface area contributed by atoms with Gasteiger partial charge in [-0.25, -0.2) is 0 Å². The number of anilines is 3. The summed E-state index contributed by atoms with van der Waals surface area (Å²) in [5.74, 6) is 0. The SMILES string of the molecule is CC(C)(C)c1cccc(-c2ccc(N(c3cc(-c4ccc(-c5cc(-c6cc(C(C)(C)C)cc(C(C)(C)C)c6)cc(C(C)(C)C)c5)cc4)cc(C(C)(C)C)c3)c3ccc4c(c3)C(C)(C)c3ccccc3-4)cc2)c1. The van der Waals surface area contributed by atoms with Crippen LogP contribution in [0.4, 0.5) is 17.1 Å². The van der Waals surface area contributed by atoms with Crippen molar-refractivity contribution in [1.82, 2.24) is 0 Å². The fourth-order valence-electron chi connectivity index (χ4n) is 10.5. The van der Waals surface area contributed by atoms with Crippen LogP contribution in [-0.2, 0) is 32.5 Å². The summed E-state index contributed by atoms with van der Waals surface area (Å²) in [5.41, 5.74) is 25.3. The molecule has 72 heavy (non-hydrogen) atoms. The lowest BCUT2D eigenvalue weighted by Gasteiger charge is -2.30. The summed E-state index contributed by atoms with van der Waals surface area (Å²) in [5, 5.41) is 0. The van der Waals surface area contributed by atoms with E-state index in [1.54, 1.807) is 0 Å². The number of rotatable bonds is 7. The Morgan fingerprint density at radius 1 is 0.264 bits per heavy atom. The maximum Gasteiger partial charge on any atom is 0.0470 e. The van der Waals surface area contributed by atoms with Gasteiger partial charge in [0.1, 0.15) is 0 Å². The van der Waals surface area contributed by atoms with Gasteiger partial charge in [0.05, 0.1) is 0 Å². The molecule has 0 atom stereocenters. The Morgan fingerprint density at radius 2 is 0.667 bits per heavy atom. The van der Waals surface area contributed by atoms with Crippen LogP contribution in [0, 0.1) is 0 Å². The normalized spacial score (nSPS) is 13.7. The molecule has 0 unspecified atom stereocenters. The van der Waals surface area contributed by atoms with Gasteiger partial charge in [0.25, 0.3) is 0 Å².